The number of fused-ring (bicyclic) bond motifs is 1. The predicted molar refractivity (Wildman–Crippen MR) is 126 cm³/mol. The van der Waals surface area contributed by atoms with Gasteiger partial charge in [0.1, 0.15) is 5.75 Å². The smallest absolute Gasteiger partial charge is 0.269 e. The van der Waals surface area contributed by atoms with Crippen molar-refractivity contribution in [2.45, 2.75) is 50.7 Å². The normalized spacial score (nSPS) is 14.0. The van der Waals surface area contributed by atoms with Crippen molar-refractivity contribution in [1.29, 1.82) is 0 Å². The van der Waals surface area contributed by atoms with E-state index in [-0.39, 0.29) is 34.0 Å². The van der Waals surface area contributed by atoms with Gasteiger partial charge in [0.2, 0.25) is 10.0 Å². The number of nitrogens with one attached hydrogen (secondary N) is 1. The molecule has 0 fully saturated rings. The number of non-ortho nitro benzene ring substituents is 1. The van der Waals surface area contributed by atoms with Gasteiger partial charge in [0.25, 0.3) is 5.69 Å². The van der Waals surface area contributed by atoms with Gasteiger partial charge in [-0.3, -0.25) is 15.0 Å². The van der Waals surface area contributed by atoms with Crippen LogP contribution in [0.25, 0.3) is 0 Å². The van der Waals surface area contributed by atoms with E-state index < -0.39 is 10.0 Å². The van der Waals surface area contributed by atoms with Crippen LogP contribution in [0, 0.1) is 10.1 Å². The molecule has 1 aliphatic heterocycles. The third-order valence-corrected chi connectivity index (χ3v) is 6.67. The molecule has 0 unspecified atom stereocenters. The second-order valence-corrected chi connectivity index (χ2v) is 9.75. The summed E-state index contributed by atoms with van der Waals surface area (Å²) < 4.78 is 33.1. The molecule has 10 heteroatoms. The van der Waals surface area contributed by atoms with Crippen molar-refractivity contribution in [2.24, 2.45) is 0 Å². The van der Waals surface area contributed by atoms with E-state index in [0.29, 0.717) is 25.3 Å². The van der Waals surface area contributed by atoms with E-state index in [2.05, 4.69) is 9.62 Å². The maximum absolute atomic E-state index is 12.4. The number of nitro groups is 1. The number of ether oxygens (including phenoxy) is 1. The molecule has 1 N–H and O–H groups in total. The van der Waals surface area contributed by atoms with Crippen LogP contribution in [0.3, 0.4) is 0 Å². The van der Waals surface area contributed by atoms with Gasteiger partial charge in [-0.1, -0.05) is 6.07 Å². The molecule has 2 aromatic carbocycles. The van der Waals surface area contributed by atoms with Gasteiger partial charge in [-0.25, -0.2) is 13.1 Å². The fraction of sp³-hybridized carbons (Fsp3) is 0.455. The maximum atomic E-state index is 12.4. The minimum absolute atomic E-state index is 0. The zero-order valence-electron chi connectivity index (χ0n) is 18.3. The van der Waals surface area contributed by atoms with Gasteiger partial charge in [0, 0.05) is 31.8 Å². The number of nitrogens with zero attached hydrogens (tertiary/aromatic N) is 2. The largest absolute Gasteiger partial charge is 0.491 e. The number of halogens is 1. The van der Waals surface area contributed by atoms with Gasteiger partial charge >= 0.3 is 0 Å². The zero-order valence-corrected chi connectivity index (χ0v) is 20.0. The van der Waals surface area contributed by atoms with E-state index in [0.717, 1.165) is 31.5 Å². The summed E-state index contributed by atoms with van der Waals surface area (Å²) in [4.78, 5) is 13.1. The first-order valence-corrected chi connectivity index (χ1v) is 12.0. The molecule has 176 valence electrons. The third-order valence-electron chi connectivity index (χ3n) is 5.19. The summed E-state index contributed by atoms with van der Waals surface area (Å²) >= 11 is 0. The maximum Gasteiger partial charge on any atom is 0.269 e. The molecule has 0 spiro atoms. The van der Waals surface area contributed by atoms with Crippen molar-refractivity contribution in [1.82, 2.24) is 9.62 Å². The van der Waals surface area contributed by atoms with E-state index in [4.69, 9.17) is 4.74 Å². The molecule has 1 heterocycles. The Kier molecular flexibility index (Phi) is 9.45. The lowest BCUT2D eigenvalue weighted by Crippen LogP contribution is -2.32. The number of benzene rings is 2. The highest BCUT2D eigenvalue weighted by molar-refractivity contribution is 7.89. The van der Waals surface area contributed by atoms with E-state index in [1.165, 1.54) is 5.56 Å². The van der Waals surface area contributed by atoms with Crippen molar-refractivity contribution in [2.75, 3.05) is 19.6 Å². The van der Waals surface area contributed by atoms with Crippen LogP contribution in [0.2, 0.25) is 0 Å². The molecule has 0 radical (unpaired) electrons. The molecule has 0 amide bonds. The number of rotatable bonds is 10. The van der Waals surface area contributed by atoms with Gasteiger partial charge in [0.15, 0.2) is 0 Å². The van der Waals surface area contributed by atoms with Crippen LogP contribution < -0.4 is 9.46 Å². The van der Waals surface area contributed by atoms with Gasteiger partial charge in [-0.15, -0.1) is 12.4 Å². The lowest BCUT2D eigenvalue weighted by atomic mass is 9.99. The Bertz CT molecular complexity index is 1010. The highest BCUT2D eigenvalue weighted by Gasteiger charge is 2.19. The summed E-state index contributed by atoms with van der Waals surface area (Å²) in [6.07, 6.45) is 2.46. The van der Waals surface area contributed by atoms with E-state index in [1.54, 1.807) is 36.4 Å². The highest BCUT2D eigenvalue weighted by Crippen LogP contribution is 2.24. The van der Waals surface area contributed by atoms with Crippen molar-refractivity contribution in [3.63, 3.8) is 0 Å². The van der Waals surface area contributed by atoms with Crippen molar-refractivity contribution < 1.29 is 18.1 Å². The number of hydrogen-bond donors (Lipinski definition) is 1. The fourth-order valence-corrected chi connectivity index (χ4v) is 4.70. The Morgan fingerprint density at radius 1 is 1.12 bits per heavy atom. The van der Waals surface area contributed by atoms with Crippen molar-refractivity contribution in [3.05, 3.63) is 63.7 Å². The second-order valence-electron chi connectivity index (χ2n) is 7.98. The SMILES string of the molecule is CC(C)Oc1ccc(S(=O)(=O)NCCCCN2CCc3ccc([N+](=O)[O-])cc3C2)cc1.Cl. The molecule has 3 rings (SSSR count). The number of sulfonamides is 1. The number of unbranched alkanes of at least 4 members (excludes halogenated alkanes) is 1. The van der Waals surface area contributed by atoms with Crippen LogP contribution in [-0.4, -0.2) is 44.0 Å². The first-order chi connectivity index (χ1) is 14.7. The van der Waals surface area contributed by atoms with Gasteiger partial charge in [-0.2, -0.15) is 0 Å². The monoisotopic (exact) mass is 483 g/mol. The highest BCUT2D eigenvalue weighted by atomic mass is 35.5. The first-order valence-electron chi connectivity index (χ1n) is 10.5. The minimum atomic E-state index is -3.55. The molecule has 0 bridgehead atoms. The molecular weight excluding hydrogens is 454 g/mol. The van der Waals surface area contributed by atoms with Crippen molar-refractivity contribution in [3.8, 4) is 5.75 Å². The van der Waals surface area contributed by atoms with Crippen LogP contribution in [-0.2, 0) is 23.0 Å². The summed E-state index contributed by atoms with van der Waals surface area (Å²) in [6, 6.07) is 11.5. The van der Waals surface area contributed by atoms with Gasteiger partial charge in [0.05, 0.1) is 15.9 Å². The summed E-state index contributed by atoms with van der Waals surface area (Å²) in [5.41, 5.74) is 2.30. The van der Waals surface area contributed by atoms with Crippen LogP contribution >= 0.6 is 12.4 Å². The third kappa shape index (κ3) is 7.16. The summed E-state index contributed by atoms with van der Waals surface area (Å²) in [5, 5.41) is 11.0. The fourth-order valence-electron chi connectivity index (χ4n) is 3.63. The van der Waals surface area contributed by atoms with Crippen LogP contribution in [0.15, 0.2) is 47.4 Å². The Labute approximate surface area is 195 Å². The molecule has 8 nitrogen and oxygen atoms in total. The molecule has 0 aromatic heterocycles. The molecule has 0 saturated carbocycles. The van der Waals surface area contributed by atoms with Crippen molar-refractivity contribution >= 4 is 28.1 Å². The quantitative estimate of drug-likeness (QED) is 0.312. The molecular formula is C22H30ClN3O5S. The van der Waals surface area contributed by atoms with Gasteiger partial charge < -0.3 is 4.74 Å². The average Bonchev–Trinajstić information content (AvgIpc) is 2.72. The molecule has 32 heavy (non-hydrogen) atoms. The van der Waals surface area contributed by atoms with E-state index in [9.17, 15) is 18.5 Å². The molecule has 0 saturated heterocycles. The minimum Gasteiger partial charge on any atom is -0.491 e. The van der Waals surface area contributed by atoms with Gasteiger partial charge in [-0.05, 0) is 75.0 Å². The average molecular weight is 484 g/mol. The summed E-state index contributed by atoms with van der Waals surface area (Å²) in [6.45, 7) is 6.61. The predicted octanol–water partition coefficient (Wildman–Crippen LogP) is 3.92. The zero-order chi connectivity index (χ0) is 22.4. The number of nitro benzene ring substituents is 1. The molecule has 0 atom stereocenters. The molecule has 1 aliphatic rings. The molecule has 0 aliphatic carbocycles. The van der Waals surface area contributed by atoms with Crippen LogP contribution in [0.4, 0.5) is 5.69 Å². The summed E-state index contributed by atoms with van der Waals surface area (Å²) in [7, 11) is -3.55. The Morgan fingerprint density at radius 2 is 1.84 bits per heavy atom. The Morgan fingerprint density at radius 3 is 2.50 bits per heavy atom. The number of hydrogen-bond acceptors (Lipinski definition) is 6. The second kappa shape index (κ2) is 11.6. The standard InChI is InChI=1S/C22H29N3O5S.ClH/c1-17(2)30-21-7-9-22(10-8-21)31(28,29)23-12-3-4-13-24-14-11-18-5-6-20(25(26)27)15-19(18)16-24;/h5-10,15,17,23H,3-4,11-14,16H2,1-2H3;1H. The topological polar surface area (TPSA) is 102 Å². The Hall–Kier alpha value is -2.20. The first kappa shape index (κ1) is 26.1. The Balaban J connectivity index is 0.00000363. The summed E-state index contributed by atoms with van der Waals surface area (Å²) in [5.74, 6) is 0.641. The van der Waals surface area contributed by atoms with Crippen LogP contribution in [0.5, 0.6) is 5.75 Å². The lowest BCUT2D eigenvalue weighted by Gasteiger charge is -2.28. The molecule has 2 aromatic rings. The lowest BCUT2D eigenvalue weighted by molar-refractivity contribution is -0.385. The van der Waals surface area contributed by atoms with Crippen LogP contribution in [0.1, 0.15) is 37.8 Å². The van der Waals surface area contributed by atoms with E-state index in [1.807, 2.05) is 19.9 Å². The van der Waals surface area contributed by atoms with E-state index >= 15 is 0 Å².